The first-order valence-corrected chi connectivity index (χ1v) is 6.93. The molecular weight excluding hydrogens is 198 g/mol. The van der Waals surface area contributed by atoms with E-state index in [4.69, 9.17) is 4.74 Å². The van der Waals surface area contributed by atoms with Crippen LogP contribution in [0.4, 0.5) is 0 Å². The van der Waals surface area contributed by atoms with Crippen LogP contribution in [-0.2, 0) is 4.74 Å². The molecule has 1 rings (SSSR count). The molecule has 0 aliphatic heterocycles. The number of methoxy groups -OCH3 is 1. The Morgan fingerprint density at radius 1 is 1.38 bits per heavy atom. The van der Waals surface area contributed by atoms with Gasteiger partial charge in [-0.05, 0) is 57.4 Å². The topological polar surface area (TPSA) is 21.3 Å². The van der Waals surface area contributed by atoms with Gasteiger partial charge in [0, 0.05) is 13.2 Å². The van der Waals surface area contributed by atoms with E-state index in [0.29, 0.717) is 6.10 Å². The van der Waals surface area contributed by atoms with E-state index in [-0.39, 0.29) is 0 Å². The lowest BCUT2D eigenvalue weighted by Gasteiger charge is -2.36. The van der Waals surface area contributed by atoms with Crippen molar-refractivity contribution in [3.05, 3.63) is 0 Å². The summed E-state index contributed by atoms with van der Waals surface area (Å²) in [6.45, 7) is 7.98. The van der Waals surface area contributed by atoms with E-state index < -0.39 is 0 Å². The van der Waals surface area contributed by atoms with Gasteiger partial charge in [-0.2, -0.15) is 0 Å². The van der Waals surface area contributed by atoms with Crippen LogP contribution in [0.3, 0.4) is 0 Å². The smallest absolute Gasteiger partial charge is 0.0546 e. The highest BCUT2D eigenvalue weighted by Gasteiger charge is 2.29. The monoisotopic (exact) mass is 227 g/mol. The predicted molar refractivity (Wildman–Crippen MR) is 69.7 cm³/mol. The van der Waals surface area contributed by atoms with Crippen LogP contribution in [0.2, 0.25) is 0 Å². The first-order valence-electron chi connectivity index (χ1n) is 6.93. The van der Waals surface area contributed by atoms with Crippen LogP contribution in [0.15, 0.2) is 0 Å². The van der Waals surface area contributed by atoms with Gasteiger partial charge in [-0.25, -0.2) is 0 Å². The minimum absolute atomic E-state index is 0.404. The summed E-state index contributed by atoms with van der Waals surface area (Å²) >= 11 is 0. The molecule has 2 heteroatoms. The van der Waals surface area contributed by atoms with Crippen molar-refractivity contribution in [1.29, 1.82) is 0 Å². The molecule has 0 bridgehead atoms. The maximum Gasteiger partial charge on any atom is 0.0546 e. The predicted octanol–water partition coefficient (Wildman–Crippen LogP) is 3.22. The molecule has 1 aliphatic rings. The summed E-state index contributed by atoms with van der Waals surface area (Å²) in [6, 6.07) is 0.730. The van der Waals surface area contributed by atoms with Crippen molar-refractivity contribution in [1.82, 2.24) is 5.32 Å². The summed E-state index contributed by atoms with van der Waals surface area (Å²) in [6.07, 6.45) is 6.96. The Hall–Kier alpha value is -0.0800. The first kappa shape index (κ1) is 14.0. The van der Waals surface area contributed by atoms with Crippen molar-refractivity contribution >= 4 is 0 Å². The third-order valence-corrected chi connectivity index (χ3v) is 3.94. The molecule has 0 amide bonds. The maximum atomic E-state index is 5.41. The molecule has 4 atom stereocenters. The molecule has 0 heterocycles. The molecule has 1 fully saturated rings. The number of nitrogens with one attached hydrogen (secondary N) is 1. The average molecular weight is 227 g/mol. The molecule has 4 unspecified atom stereocenters. The van der Waals surface area contributed by atoms with Crippen LogP contribution in [0.5, 0.6) is 0 Å². The lowest BCUT2D eigenvalue weighted by molar-refractivity contribution is 0.0721. The van der Waals surface area contributed by atoms with E-state index in [2.05, 4.69) is 26.1 Å². The van der Waals surface area contributed by atoms with Gasteiger partial charge < -0.3 is 10.1 Å². The van der Waals surface area contributed by atoms with Gasteiger partial charge >= 0.3 is 0 Å². The summed E-state index contributed by atoms with van der Waals surface area (Å²) < 4.78 is 5.41. The Balaban J connectivity index is 2.44. The second kappa shape index (κ2) is 7.29. The second-order valence-electron chi connectivity index (χ2n) is 5.52. The van der Waals surface area contributed by atoms with Crippen molar-refractivity contribution in [2.24, 2.45) is 11.8 Å². The summed E-state index contributed by atoms with van der Waals surface area (Å²) in [4.78, 5) is 0. The quantitative estimate of drug-likeness (QED) is 0.752. The fraction of sp³-hybridized carbons (Fsp3) is 1.00. The Morgan fingerprint density at radius 2 is 2.12 bits per heavy atom. The van der Waals surface area contributed by atoms with E-state index >= 15 is 0 Å². The zero-order valence-corrected chi connectivity index (χ0v) is 11.5. The fourth-order valence-electron chi connectivity index (χ4n) is 2.88. The van der Waals surface area contributed by atoms with Crippen LogP contribution >= 0.6 is 0 Å². The van der Waals surface area contributed by atoms with Gasteiger partial charge in [0.1, 0.15) is 0 Å². The zero-order valence-electron chi connectivity index (χ0n) is 11.5. The molecule has 1 aliphatic carbocycles. The Kier molecular flexibility index (Phi) is 6.37. The van der Waals surface area contributed by atoms with Gasteiger partial charge in [-0.3, -0.25) is 0 Å². The lowest BCUT2D eigenvalue weighted by atomic mass is 9.76. The van der Waals surface area contributed by atoms with Crippen molar-refractivity contribution in [2.45, 2.75) is 65.0 Å². The number of ether oxygens (including phenoxy) is 1. The van der Waals surface area contributed by atoms with E-state index in [1.807, 2.05) is 7.11 Å². The Bertz CT molecular complexity index is 182. The average Bonchev–Trinajstić information content (AvgIpc) is 2.28. The molecule has 1 saturated carbocycles. The van der Waals surface area contributed by atoms with Crippen LogP contribution in [0.1, 0.15) is 52.9 Å². The second-order valence-corrected chi connectivity index (χ2v) is 5.52. The summed E-state index contributed by atoms with van der Waals surface area (Å²) in [5.74, 6) is 1.71. The SMILES string of the molecule is CCCNC1CCC(C)CC1CC(C)OC. The molecule has 2 nitrogen and oxygen atoms in total. The largest absolute Gasteiger partial charge is 0.382 e. The van der Waals surface area contributed by atoms with Gasteiger partial charge in [0.2, 0.25) is 0 Å². The highest BCUT2D eigenvalue weighted by Crippen LogP contribution is 2.32. The summed E-state index contributed by atoms with van der Waals surface area (Å²) in [7, 11) is 1.82. The molecular formula is C14H29NO. The van der Waals surface area contributed by atoms with Gasteiger partial charge in [-0.15, -0.1) is 0 Å². The number of hydrogen-bond donors (Lipinski definition) is 1. The minimum Gasteiger partial charge on any atom is -0.382 e. The van der Waals surface area contributed by atoms with Crippen molar-refractivity contribution in [3.8, 4) is 0 Å². The first-order chi connectivity index (χ1) is 7.67. The third-order valence-electron chi connectivity index (χ3n) is 3.94. The normalized spacial score (nSPS) is 32.6. The molecule has 0 spiro atoms. The Labute approximate surface area is 101 Å². The molecule has 96 valence electrons. The van der Waals surface area contributed by atoms with E-state index in [0.717, 1.165) is 24.4 Å². The molecule has 0 radical (unpaired) electrons. The fourth-order valence-corrected chi connectivity index (χ4v) is 2.88. The van der Waals surface area contributed by atoms with Crippen molar-refractivity contribution < 1.29 is 4.74 Å². The molecule has 16 heavy (non-hydrogen) atoms. The van der Waals surface area contributed by atoms with Crippen LogP contribution in [0, 0.1) is 11.8 Å². The van der Waals surface area contributed by atoms with E-state index in [1.54, 1.807) is 0 Å². The maximum absolute atomic E-state index is 5.41. The van der Waals surface area contributed by atoms with E-state index in [9.17, 15) is 0 Å². The van der Waals surface area contributed by atoms with Crippen molar-refractivity contribution in [2.75, 3.05) is 13.7 Å². The summed E-state index contributed by atoms with van der Waals surface area (Å²) in [5, 5.41) is 3.72. The summed E-state index contributed by atoms with van der Waals surface area (Å²) in [5.41, 5.74) is 0. The third kappa shape index (κ3) is 4.42. The zero-order chi connectivity index (χ0) is 12.0. The molecule has 0 aromatic carbocycles. The van der Waals surface area contributed by atoms with Gasteiger partial charge in [-0.1, -0.05) is 13.8 Å². The van der Waals surface area contributed by atoms with Crippen molar-refractivity contribution in [3.63, 3.8) is 0 Å². The minimum atomic E-state index is 0.404. The van der Waals surface area contributed by atoms with E-state index in [1.165, 1.54) is 32.1 Å². The number of rotatable bonds is 6. The molecule has 1 N–H and O–H groups in total. The standard InChI is InChI=1S/C14H29NO/c1-5-8-15-14-7-6-11(2)9-13(14)10-12(3)16-4/h11-15H,5-10H2,1-4H3. The van der Waals surface area contributed by atoms with Gasteiger partial charge in [0.05, 0.1) is 6.10 Å². The highest BCUT2D eigenvalue weighted by molar-refractivity contribution is 4.84. The highest BCUT2D eigenvalue weighted by atomic mass is 16.5. The molecule has 0 aromatic heterocycles. The lowest BCUT2D eigenvalue weighted by Crippen LogP contribution is -2.41. The molecule has 0 aromatic rings. The van der Waals surface area contributed by atoms with Crippen LogP contribution in [-0.4, -0.2) is 25.8 Å². The number of hydrogen-bond acceptors (Lipinski definition) is 2. The van der Waals surface area contributed by atoms with Gasteiger partial charge in [0.15, 0.2) is 0 Å². The van der Waals surface area contributed by atoms with Gasteiger partial charge in [0.25, 0.3) is 0 Å². The Morgan fingerprint density at radius 3 is 2.75 bits per heavy atom. The van der Waals surface area contributed by atoms with Crippen LogP contribution in [0.25, 0.3) is 0 Å². The van der Waals surface area contributed by atoms with Crippen LogP contribution < -0.4 is 5.32 Å². The molecule has 0 saturated heterocycles.